The van der Waals surface area contributed by atoms with E-state index in [9.17, 15) is 4.79 Å². The standard InChI is InChI=1S/C21H26ClNO3/c1-21(2,3)26-20(24)23-12-11-16-7-9-19(10-8-16)25-15-18-6-4-5-17(13-18)14-22/h4-10,13H,11-12,14-15H2,1-3H3,(H,23,24). The van der Waals surface area contributed by atoms with Crippen LogP contribution >= 0.6 is 11.6 Å². The Bertz CT molecular complexity index is 708. The Morgan fingerprint density at radius 1 is 1.04 bits per heavy atom. The molecule has 0 aliphatic heterocycles. The maximum absolute atomic E-state index is 11.6. The molecular formula is C21H26ClNO3. The minimum Gasteiger partial charge on any atom is -0.489 e. The van der Waals surface area contributed by atoms with Gasteiger partial charge in [0.05, 0.1) is 0 Å². The number of carbonyl (C=O) groups excluding carboxylic acids is 1. The van der Waals surface area contributed by atoms with Crippen molar-refractivity contribution in [1.29, 1.82) is 0 Å². The molecule has 26 heavy (non-hydrogen) atoms. The molecule has 2 rings (SSSR count). The molecule has 0 radical (unpaired) electrons. The fourth-order valence-corrected chi connectivity index (χ4v) is 2.51. The summed E-state index contributed by atoms with van der Waals surface area (Å²) < 4.78 is 11.0. The average Bonchev–Trinajstić information content (AvgIpc) is 2.60. The van der Waals surface area contributed by atoms with Crippen LogP contribution in [0.5, 0.6) is 5.75 Å². The Labute approximate surface area is 160 Å². The lowest BCUT2D eigenvalue weighted by atomic mass is 10.1. The van der Waals surface area contributed by atoms with Crippen LogP contribution in [0.25, 0.3) is 0 Å². The van der Waals surface area contributed by atoms with E-state index in [1.165, 1.54) is 0 Å². The van der Waals surface area contributed by atoms with E-state index in [1.54, 1.807) is 0 Å². The summed E-state index contributed by atoms with van der Waals surface area (Å²) in [5.41, 5.74) is 2.82. The van der Waals surface area contributed by atoms with Crippen LogP contribution in [0.3, 0.4) is 0 Å². The largest absolute Gasteiger partial charge is 0.489 e. The van der Waals surface area contributed by atoms with Gasteiger partial charge in [0.15, 0.2) is 0 Å². The topological polar surface area (TPSA) is 47.6 Å². The van der Waals surface area contributed by atoms with E-state index in [1.807, 2.05) is 69.3 Å². The number of amides is 1. The van der Waals surface area contributed by atoms with Crippen molar-refractivity contribution in [2.45, 2.75) is 45.3 Å². The summed E-state index contributed by atoms with van der Waals surface area (Å²) in [5, 5.41) is 2.76. The zero-order valence-electron chi connectivity index (χ0n) is 15.5. The van der Waals surface area contributed by atoms with E-state index in [-0.39, 0.29) is 0 Å². The van der Waals surface area contributed by atoms with Crippen molar-refractivity contribution in [3.8, 4) is 5.75 Å². The van der Waals surface area contributed by atoms with Crippen molar-refractivity contribution in [3.63, 3.8) is 0 Å². The van der Waals surface area contributed by atoms with Gasteiger partial charge in [-0.15, -0.1) is 11.6 Å². The summed E-state index contributed by atoms with van der Waals surface area (Å²) in [6.45, 7) is 6.57. The lowest BCUT2D eigenvalue weighted by Gasteiger charge is -2.19. The number of halogens is 1. The van der Waals surface area contributed by atoms with Crippen LogP contribution in [0.1, 0.15) is 37.5 Å². The van der Waals surface area contributed by atoms with Crippen LogP contribution in [0.4, 0.5) is 4.79 Å². The van der Waals surface area contributed by atoms with Gasteiger partial charge in [-0.05, 0) is 56.0 Å². The maximum atomic E-state index is 11.6. The molecule has 4 nitrogen and oxygen atoms in total. The van der Waals surface area contributed by atoms with Crippen molar-refractivity contribution in [2.75, 3.05) is 6.54 Å². The van der Waals surface area contributed by atoms with Crippen molar-refractivity contribution in [3.05, 3.63) is 65.2 Å². The van der Waals surface area contributed by atoms with E-state index < -0.39 is 11.7 Å². The van der Waals surface area contributed by atoms with E-state index in [2.05, 4.69) is 5.32 Å². The first-order valence-corrected chi connectivity index (χ1v) is 9.21. The third-order valence-electron chi connectivity index (χ3n) is 3.56. The molecule has 0 aliphatic rings. The number of hydrogen-bond donors (Lipinski definition) is 1. The van der Waals surface area contributed by atoms with E-state index in [0.29, 0.717) is 19.0 Å². The highest BCUT2D eigenvalue weighted by molar-refractivity contribution is 6.17. The van der Waals surface area contributed by atoms with Gasteiger partial charge in [-0.2, -0.15) is 0 Å². The molecule has 0 spiro atoms. The summed E-state index contributed by atoms with van der Waals surface area (Å²) in [7, 11) is 0. The molecule has 2 aromatic carbocycles. The van der Waals surface area contributed by atoms with E-state index in [0.717, 1.165) is 28.9 Å². The first-order chi connectivity index (χ1) is 12.4. The fraction of sp³-hybridized carbons (Fsp3) is 0.381. The summed E-state index contributed by atoms with van der Waals surface area (Å²) in [4.78, 5) is 11.6. The average molecular weight is 376 g/mol. The molecule has 0 saturated carbocycles. The molecule has 0 bridgehead atoms. The molecule has 2 aromatic rings. The quantitative estimate of drug-likeness (QED) is 0.687. The third kappa shape index (κ3) is 7.36. The van der Waals surface area contributed by atoms with Gasteiger partial charge in [-0.3, -0.25) is 0 Å². The van der Waals surface area contributed by atoms with Gasteiger partial charge in [-0.25, -0.2) is 4.79 Å². The van der Waals surface area contributed by atoms with Crippen LogP contribution in [0, 0.1) is 0 Å². The van der Waals surface area contributed by atoms with Gasteiger partial charge >= 0.3 is 6.09 Å². The number of hydrogen-bond acceptors (Lipinski definition) is 3. The van der Waals surface area contributed by atoms with Crippen molar-refractivity contribution < 1.29 is 14.3 Å². The molecule has 0 atom stereocenters. The monoisotopic (exact) mass is 375 g/mol. The van der Waals surface area contributed by atoms with Gasteiger partial charge < -0.3 is 14.8 Å². The first kappa shape index (κ1) is 20.1. The SMILES string of the molecule is CC(C)(C)OC(=O)NCCc1ccc(OCc2cccc(CCl)c2)cc1. The van der Waals surface area contributed by atoms with Gasteiger partial charge in [0, 0.05) is 12.4 Å². The second-order valence-electron chi connectivity index (χ2n) is 7.06. The zero-order valence-corrected chi connectivity index (χ0v) is 16.3. The third-order valence-corrected chi connectivity index (χ3v) is 3.87. The van der Waals surface area contributed by atoms with Gasteiger partial charge in [0.2, 0.25) is 0 Å². The molecule has 140 valence electrons. The van der Waals surface area contributed by atoms with Crippen LogP contribution in [-0.2, 0) is 23.6 Å². The number of rotatable bonds is 7. The number of alkyl halides is 1. The molecule has 0 unspecified atom stereocenters. The summed E-state index contributed by atoms with van der Waals surface area (Å²) in [6.07, 6.45) is 0.341. The highest BCUT2D eigenvalue weighted by atomic mass is 35.5. The fourth-order valence-electron chi connectivity index (χ4n) is 2.34. The van der Waals surface area contributed by atoms with Gasteiger partial charge in [0.25, 0.3) is 0 Å². The Hall–Kier alpha value is -2.20. The highest BCUT2D eigenvalue weighted by Crippen LogP contribution is 2.16. The lowest BCUT2D eigenvalue weighted by Crippen LogP contribution is -2.33. The predicted octanol–water partition coefficient (Wildman–Crippen LogP) is 5.07. The minimum atomic E-state index is -0.480. The molecule has 0 aliphatic carbocycles. The van der Waals surface area contributed by atoms with Crippen LogP contribution < -0.4 is 10.1 Å². The molecule has 5 heteroatoms. The highest BCUT2D eigenvalue weighted by Gasteiger charge is 2.15. The Morgan fingerprint density at radius 3 is 2.38 bits per heavy atom. The lowest BCUT2D eigenvalue weighted by molar-refractivity contribution is 0.0528. The van der Waals surface area contributed by atoms with E-state index in [4.69, 9.17) is 21.1 Å². The number of ether oxygens (including phenoxy) is 2. The smallest absolute Gasteiger partial charge is 0.407 e. The number of carbonyl (C=O) groups is 1. The second kappa shape index (κ2) is 9.48. The first-order valence-electron chi connectivity index (χ1n) is 8.68. The molecule has 0 aromatic heterocycles. The molecular weight excluding hydrogens is 350 g/mol. The van der Waals surface area contributed by atoms with Gasteiger partial charge in [0.1, 0.15) is 18.0 Å². The Morgan fingerprint density at radius 2 is 1.73 bits per heavy atom. The Kier molecular flexibility index (Phi) is 7.34. The van der Waals surface area contributed by atoms with E-state index >= 15 is 0 Å². The molecule has 0 saturated heterocycles. The maximum Gasteiger partial charge on any atom is 0.407 e. The van der Waals surface area contributed by atoms with Crippen LogP contribution in [0.15, 0.2) is 48.5 Å². The van der Waals surface area contributed by atoms with Crippen molar-refractivity contribution >= 4 is 17.7 Å². The second-order valence-corrected chi connectivity index (χ2v) is 7.33. The zero-order chi connectivity index (χ0) is 19.0. The predicted molar refractivity (Wildman–Crippen MR) is 105 cm³/mol. The summed E-state index contributed by atoms with van der Waals surface area (Å²) >= 11 is 5.85. The molecule has 0 heterocycles. The Balaban J connectivity index is 1.76. The summed E-state index contributed by atoms with van der Waals surface area (Å²) in [5.74, 6) is 1.31. The summed E-state index contributed by atoms with van der Waals surface area (Å²) in [6, 6.07) is 15.9. The number of nitrogens with one attached hydrogen (secondary N) is 1. The van der Waals surface area contributed by atoms with Crippen LogP contribution in [-0.4, -0.2) is 18.2 Å². The van der Waals surface area contributed by atoms with Gasteiger partial charge in [-0.1, -0.05) is 36.4 Å². The van der Waals surface area contributed by atoms with Crippen molar-refractivity contribution in [2.24, 2.45) is 0 Å². The van der Waals surface area contributed by atoms with Crippen molar-refractivity contribution in [1.82, 2.24) is 5.32 Å². The normalized spacial score (nSPS) is 11.1. The van der Waals surface area contributed by atoms with Crippen LogP contribution in [0.2, 0.25) is 0 Å². The number of alkyl carbamates (subject to hydrolysis) is 1. The number of benzene rings is 2. The minimum absolute atomic E-state index is 0.392. The molecule has 1 amide bonds. The molecule has 0 fully saturated rings. The molecule has 1 N–H and O–H groups in total.